The molecule has 0 saturated heterocycles. The lowest BCUT2D eigenvalue weighted by Crippen LogP contribution is -2.30. The summed E-state index contributed by atoms with van der Waals surface area (Å²) in [4.78, 5) is 12.1. The second kappa shape index (κ2) is 7.98. The van der Waals surface area contributed by atoms with Crippen LogP contribution in [0.5, 0.6) is 0 Å². The maximum atomic E-state index is 12.1. The number of rotatable bonds is 5. The number of urea groups is 1. The van der Waals surface area contributed by atoms with Gasteiger partial charge in [0.25, 0.3) is 0 Å². The number of halogens is 1. The van der Waals surface area contributed by atoms with Crippen molar-refractivity contribution < 1.29 is 4.79 Å². The van der Waals surface area contributed by atoms with E-state index in [0.717, 1.165) is 27.7 Å². The van der Waals surface area contributed by atoms with Crippen LogP contribution < -0.4 is 10.6 Å². The van der Waals surface area contributed by atoms with E-state index < -0.39 is 0 Å². The van der Waals surface area contributed by atoms with Crippen molar-refractivity contribution in [1.29, 1.82) is 0 Å². The average Bonchev–Trinajstić information content (AvgIpc) is 2.97. The molecule has 2 N–H and O–H groups in total. The van der Waals surface area contributed by atoms with Crippen LogP contribution in [0.25, 0.3) is 11.3 Å². The van der Waals surface area contributed by atoms with E-state index in [1.54, 1.807) is 4.68 Å². The Morgan fingerprint density at radius 3 is 2.60 bits per heavy atom. The van der Waals surface area contributed by atoms with E-state index >= 15 is 0 Å². The zero-order valence-corrected chi connectivity index (χ0v) is 15.5. The highest BCUT2D eigenvalue weighted by Gasteiger charge is 2.09. The third kappa shape index (κ3) is 4.48. The van der Waals surface area contributed by atoms with Gasteiger partial charge < -0.3 is 5.32 Å². The Morgan fingerprint density at radius 1 is 1.12 bits per heavy atom. The summed E-state index contributed by atoms with van der Waals surface area (Å²) in [5.74, 6) is 0.528. The molecule has 0 fully saturated rings. The first kappa shape index (κ1) is 17.2. The summed E-state index contributed by atoms with van der Waals surface area (Å²) < 4.78 is 2.81. The van der Waals surface area contributed by atoms with E-state index in [4.69, 9.17) is 0 Å². The lowest BCUT2D eigenvalue weighted by atomic mass is 10.1. The van der Waals surface area contributed by atoms with Crippen LogP contribution in [0.3, 0.4) is 0 Å². The first-order chi connectivity index (χ1) is 12.1. The Kier molecular flexibility index (Phi) is 5.50. The van der Waals surface area contributed by atoms with Crippen LogP contribution in [0.15, 0.2) is 65.1 Å². The third-order valence-electron chi connectivity index (χ3n) is 3.83. The number of carbonyl (C=O) groups is 1. The van der Waals surface area contributed by atoms with Crippen molar-refractivity contribution in [3.8, 4) is 11.3 Å². The summed E-state index contributed by atoms with van der Waals surface area (Å²) >= 11 is 3.51. The highest BCUT2D eigenvalue weighted by Crippen LogP contribution is 2.21. The van der Waals surface area contributed by atoms with Crippen LogP contribution in [0, 0.1) is 0 Å². The zero-order chi connectivity index (χ0) is 17.6. The van der Waals surface area contributed by atoms with Gasteiger partial charge in [-0.15, -0.1) is 0 Å². The Labute approximate surface area is 155 Å². The molecule has 2 amide bonds. The third-order valence-corrected chi connectivity index (χ3v) is 4.60. The molecule has 0 spiro atoms. The highest BCUT2D eigenvalue weighted by molar-refractivity contribution is 9.10. The molecule has 0 unspecified atom stereocenters. The SMILES string of the molecule is Cn1nc(NC(=O)NCCc2ccccc2Br)cc1-c1ccccc1. The van der Waals surface area contributed by atoms with E-state index in [1.807, 2.05) is 67.7 Å². The van der Waals surface area contributed by atoms with E-state index in [2.05, 4.69) is 31.7 Å². The van der Waals surface area contributed by atoms with Gasteiger partial charge in [0.1, 0.15) is 0 Å². The molecular weight excluding hydrogens is 380 g/mol. The minimum Gasteiger partial charge on any atom is -0.337 e. The molecule has 0 aliphatic rings. The molecule has 128 valence electrons. The molecule has 3 aromatic rings. The smallest absolute Gasteiger partial charge is 0.320 e. The minimum atomic E-state index is -0.259. The number of hydrogen-bond acceptors (Lipinski definition) is 2. The first-order valence-corrected chi connectivity index (χ1v) is 8.80. The lowest BCUT2D eigenvalue weighted by molar-refractivity contribution is 0.252. The molecular formula is C19H19BrN4O. The molecule has 1 heterocycles. The number of nitrogens with zero attached hydrogens (tertiary/aromatic N) is 2. The quantitative estimate of drug-likeness (QED) is 0.675. The van der Waals surface area contributed by atoms with E-state index in [-0.39, 0.29) is 6.03 Å². The molecule has 5 nitrogen and oxygen atoms in total. The normalized spacial score (nSPS) is 10.5. The summed E-state index contributed by atoms with van der Waals surface area (Å²) in [5.41, 5.74) is 3.16. The number of aromatic nitrogens is 2. The molecule has 0 atom stereocenters. The predicted molar refractivity (Wildman–Crippen MR) is 104 cm³/mol. The van der Waals surface area contributed by atoms with Gasteiger partial charge in [0.2, 0.25) is 0 Å². The van der Waals surface area contributed by atoms with Crippen molar-refractivity contribution in [2.24, 2.45) is 7.05 Å². The number of anilines is 1. The lowest BCUT2D eigenvalue weighted by Gasteiger charge is -2.07. The van der Waals surface area contributed by atoms with Crippen LogP contribution in [-0.2, 0) is 13.5 Å². The van der Waals surface area contributed by atoms with Gasteiger partial charge in [0, 0.05) is 24.1 Å². The maximum absolute atomic E-state index is 12.1. The van der Waals surface area contributed by atoms with Gasteiger partial charge in [0.15, 0.2) is 5.82 Å². The van der Waals surface area contributed by atoms with Crippen molar-refractivity contribution in [3.05, 3.63) is 70.7 Å². The number of amides is 2. The summed E-state index contributed by atoms with van der Waals surface area (Å²) in [6.07, 6.45) is 0.756. The molecule has 6 heteroatoms. The molecule has 1 aromatic heterocycles. The fourth-order valence-electron chi connectivity index (χ4n) is 2.58. The highest BCUT2D eigenvalue weighted by atomic mass is 79.9. The van der Waals surface area contributed by atoms with Crippen molar-refractivity contribution in [1.82, 2.24) is 15.1 Å². The zero-order valence-electron chi connectivity index (χ0n) is 13.9. The Hall–Kier alpha value is -2.60. The average molecular weight is 399 g/mol. The van der Waals surface area contributed by atoms with Gasteiger partial charge in [-0.1, -0.05) is 64.5 Å². The second-order valence-electron chi connectivity index (χ2n) is 5.63. The predicted octanol–water partition coefficient (Wildman–Crippen LogP) is 4.21. The Bertz CT molecular complexity index is 861. The second-order valence-corrected chi connectivity index (χ2v) is 6.48. The molecule has 3 rings (SSSR count). The Morgan fingerprint density at radius 2 is 1.84 bits per heavy atom. The van der Waals surface area contributed by atoms with Crippen LogP contribution in [0.4, 0.5) is 10.6 Å². The first-order valence-electron chi connectivity index (χ1n) is 8.01. The number of aryl methyl sites for hydroxylation is 1. The van der Waals surface area contributed by atoms with Crippen LogP contribution in [-0.4, -0.2) is 22.4 Å². The van der Waals surface area contributed by atoms with Gasteiger partial charge in [-0.25, -0.2) is 4.79 Å². The van der Waals surface area contributed by atoms with Crippen molar-refractivity contribution >= 4 is 27.8 Å². The molecule has 2 aromatic carbocycles. The van der Waals surface area contributed by atoms with Crippen molar-refractivity contribution in [3.63, 3.8) is 0 Å². The van der Waals surface area contributed by atoms with Crippen LogP contribution in [0.2, 0.25) is 0 Å². The van der Waals surface area contributed by atoms with Gasteiger partial charge in [-0.2, -0.15) is 5.10 Å². The number of nitrogens with one attached hydrogen (secondary N) is 2. The fourth-order valence-corrected chi connectivity index (χ4v) is 3.06. The number of carbonyl (C=O) groups excluding carboxylic acids is 1. The topological polar surface area (TPSA) is 59.0 Å². The molecule has 25 heavy (non-hydrogen) atoms. The van der Waals surface area contributed by atoms with Gasteiger partial charge >= 0.3 is 6.03 Å². The standard InChI is InChI=1S/C19H19BrN4O/c1-24-17(15-8-3-2-4-9-15)13-18(23-24)22-19(25)21-12-11-14-7-5-6-10-16(14)20/h2-10,13H,11-12H2,1H3,(H2,21,22,23,25). The van der Waals surface area contributed by atoms with Gasteiger partial charge in [0.05, 0.1) is 5.69 Å². The van der Waals surface area contributed by atoms with E-state index in [9.17, 15) is 4.79 Å². The fraction of sp³-hybridized carbons (Fsp3) is 0.158. The Balaban J connectivity index is 1.56. The minimum absolute atomic E-state index is 0.259. The largest absolute Gasteiger partial charge is 0.337 e. The van der Waals surface area contributed by atoms with Crippen LogP contribution in [0.1, 0.15) is 5.56 Å². The van der Waals surface area contributed by atoms with E-state index in [0.29, 0.717) is 12.4 Å². The monoisotopic (exact) mass is 398 g/mol. The molecule has 0 radical (unpaired) electrons. The maximum Gasteiger partial charge on any atom is 0.320 e. The molecule has 0 saturated carbocycles. The van der Waals surface area contributed by atoms with E-state index in [1.165, 1.54) is 0 Å². The van der Waals surface area contributed by atoms with Gasteiger partial charge in [-0.3, -0.25) is 10.00 Å². The van der Waals surface area contributed by atoms with Crippen LogP contribution >= 0.6 is 15.9 Å². The number of benzene rings is 2. The van der Waals surface area contributed by atoms with Crippen molar-refractivity contribution in [2.75, 3.05) is 11.9 Å². The molecule has 0 aliphatic heterocycles. The summed E-state index contributed by atoms with van der Waals surface area (Å²) in [6, 6.07) is 19.5. The summed E-state index contributed by atoms with van der Waals surface area (Å²) in [6.45, 7) is 0.548. The number of hydrogen-bond donors (Lipinski definition) is 2. The summed E-state index contributed by atoms with van der Waals surface area (Å²) in [5, 5.41) is 9.98. The summed E-state index contributed by atoms with van der Waals surface area (Å²) in [7, 11) is 1.86. The van der Waals surface area contributed by atoms with Gasteiger partial charge in [-0.05, 0) is 23.6 Å². The van der Waals surface area contributed by atoms with Crippen molar-refractivity contribution in [2.45, 2.75) is 6.42 Å². The molecule has 0 aliphatic carbocycles. The molecule has 0 bridgehead atoms.